The number of carbonyl (C=O) groups is 4. The summed E-state index contributed by atoms with van der Waals surface area (Å²) in [7, 11) is 0. The summed E-state index contributed by atoms with van der Waals surface area (Å²) in [5.74, 6) is -0.177. The van der Waals surface area contributed by atoms with Crippen molar-refractivity contribution in [2.45, 2.75) is 6.54 Å². The summed E-state index contributed by atoms with van der Waals surface area (Å²) in [6.45, 7) is -0.287. The molecule has 4 aromatic rings. The highest BCUT2D eigenvalue weighted by molar-refractivity contribution is 8.18. The first kappa shape index (κ1) is 26.5. The Kier molecular flexibility index (Phi) is 7.12. The zero-order valence-corrected chi connectivity index (χ0v) is 22.8. The minimum absolute atomic E-state index is 0.00788. The number of fused-ring (bicyclic) bond motifs is 2. The van der Waals surface area contributed by atoms with E-state index in [0.29, 0.717) is 33.5 Å². The number of nitrogens with zero attached hydrogens (tertiary/aromatic N) is 2. The van der Waals surface area contributed by atoms with Crippen molar-refractivity contribution in [3.8, 4) is 11.5 Å². The molecule has 206 valence electrons. The molecule has 0 bridgehead atoms. The van der Waals surface area contributed by atoms with E-state index in [1.165, 1.54) is 0 Å². The van der Waals surface area contributed by atoms with E-state index in [2.05, 4.69) is 10.6 Å². The molecule has 2 N–H and O–H groups in total. The van der Waals surface area contributed by atoms with Gasteiger partial charge < -0.3 is 24.7 Å². The zero-order valence-electron chi connectivity index (χ0n) is 21.3. The number of ether oxygens (including phenoxy) is 2. The molecule has 41 heavy (non-hydrogen) atoms. The average molecular weight is 589 g/mol. The fourth-order valence-electron chi connectivity index (χ4n) is 4.54. The third-order valence-corrected chi connectivity index (χ3v) is 7.50. The van der Waals surface area contributed by atoms with Crippen LogP contribution >= 0.6 is 23.4 Å². The monoisotopic (exact) mass is 588 g/mol. The Bertz CT molecular complexity index is 1770. The van der Waals surface area contributed by atoms with Gasteiger partial charge >= 0.3 is 0 Å². The molecule has 3 aromatic carbocycles. The van der Waals surface area contributed by atoms with E-state index < -0.39 is 23.6 Å². The van der Waals surface area contributed by atoms with E-state index in [1.807, 2.05) is 24.3 Å². The lowest BCUT2D eigenvalue weighted by atomic mass is 10.1. The maximum absolute atomic E-state index is 13.1. The maximum atomic E-state index is 13.1. The van der Waals surface area contributed by atoms with Gasteiger partial charge in [0.25, 0.3) is 11.1 Å². The summed E-state index contributed by atoms with van der Waals surface area (Å²) in [4.78, 5) is 52.2. The van der Waals surface area contributed by atoms with Crippen molar-refractivity contribution < 1.29 is 28.7 Å². The molecular formula is C29H21ClN4O6S. The summed E-state index contributed by atoms with van der Waals surface area (Å²) >= 11 is 6.71. The van der Waals surface area contributed by atoms with Gasteiger partial charge in [-0.3, -0.25) is 24.1 Å². The first-order chi connectivity index (χ1) is 19.8. The second kappa shape index (κ2) is 11.0. The molecule has 0 saturated carbocycles. The van der Waals surface area contributed by atoms with Gasteiger partial charge in [0, 0.05) is 45.1 Å². The Morgan fingerprint density at radius 3 is 2.49 bits per heavy atom. The molecule has 1 saturated heterocycles. The first-order valence-electron chi connectivity index (χ1n) is 12.4. The molecule has 0 atom stereocenters. The molecule has 0 spiro atoms. The maximum Gasteiger partial charge on any atom is 0.294 e. The Hall–Kier alpha value is -4.74. The number of nitrogens with one attached hydrogen (secondary N) is 2. The van der Waals surface area contributed by atoms with Crippen molar-refractivity contribution in [3.05, 3.63) is 88.4 Å². The number of para-hydroxylation sites is 1. The number of hydrogen-bond acceptors (Lipinski definition) is 7. The summed E-state index contributed by atoms with van der Waals surface area (Å²) in [6, 6.07) is 19.2. The van der Waals surface area contributed by atoms with Crippen molar-refractivity contribution in [2.75, 3.05) is 24.0 Å². The van der Waals surface area contributed by atoms with Gasteiger partial charge in [-0.1, -0.05) is 35.9 Å². The highest BCUT2D eigenvalue weighted by Gasteiger charge is 2.36. The Morgan fingerprint density at radius 2 is 1.66 bits per heavy atom. The van der Waals surface area contributed by atoms with Crippen molar-refractivity contribution in [1.82, 2.24) is 9.47 Å². The van der Waals surface area contributed by atoms with Crippen LogP contribution in [0.3, 0.4) is 0 Å². The third-order valence-electron chi connectivity index (χ3n) is 6.36. The van der Waals surface area contributed by atoms with Crippen LogP contribution in [0.4, 0.5) is 16.2 Å². The molecule has 2 aliphatic heterocycles. The summed E-state index contributed by atoms with van der Waals surface area (Å²) in [5, 5.41) is 6.20. The number of hydrogen-bond donors (Lipinski definition) is 2. The lowest BCUT2D eigenvalue weighted by molar-refractivity contribution is -0.127. The third kappa shape index (κ3) is 5.63. The fourth-order valence-corrected chi connectivity index (χ4v) is 5.56. The highest BCUT2D eigenvalue weighted by atomic mass is 35.5. The molecule has 0 aliphatic carbocycles. The fraction of sp³-hybridized carbons (Fsp3) is 0.103. The predicted octanol–water partition coefficient (Wildman–Crippen LogP) is 5.34. The van der Waals surface area contributed by atoms with Gasteiger partial charge in [-0.2, -0.15) is 0 Å². The van der Waals surface area contributed by atoms with E-state index in [-0.39, 0.29) is 24.2 Å². The molecule has 2 aliphatic rings. The normalized spacial score (nSPS) is 15.1. The van der Waals surface area contributed by atoms with Crippen LogP contribution in [-0.2, 0) is 20.9 Å². The number of amides is 4. The molecule has 12 heteroatoms. The summed E-state index contributed by atoms with van der Waals surface area (Å²) in [5.41, 5.74) is 2.47. The Labute approximate surface area is 242 Å². The molecule has 10 nitrogen and oxygen atoms in total. The van der Waals surface area contributed by atoms with Gasteiger partial charge in [0.05, 0.1) is 4.91 Å². The van der Waals surface area contributed by atoms with Crippen molar-refractivity contribution in [1.29, 1.82) is 0 Å². The first-order valence-corrected chi connectivity index (χ1v) is 13.6. The second-order valence-electron chi connectivity index (χ2n) is 9.17. The molecule has 1 fully saturated rings. The van der Waals surface area contributed by atoms with Gasteiger partial charge in [0.15, 0.2) is 11.5 Å². The second-order valence-corrected chi connectivity index (χ2v) is 10.6. The number of carbonyl (C=O) groups excluding carboxylic acids is 4. The van der Waals surface area contributed by atoms with Crippen molar-refractivity contribution in [2.24, 2.45) is 0 Å². The van der Waals surface area contributed by atoms with Gasteiger partial charge in [-0.15, -0.1) is 0 Å². The molecule has 0 unspecified atom stereocenters. The predicted molar refractivity (Wildman–Crippen MR) is 156 cm³/mol. The van der Waals surface area contributed by atoms with Crippen LogP contribution in [0.1, 0.15) is 5.56 Å². The lowest BCUT2D eigenvalue weighted by Crippen LogP contribution is -2.36. The minimum Gasteiger partial charge on any atom is -0.454 e. The number of imide groups is 1. The molecule has 6 rings (SSSR count). The van der Waals surface area contributed by atoms with Crippen LogP contribution in [0.15, 0.2) is 77.8 Å². The van der Waals surface area contributed by atoms with Crippen LogP contribution in [0.2, 0.25) is 5.02 Å². The van der Waals surface area contributed by atoms with Crippen LogP contribution < -0.4 is 20.1 Å². The van der Waals surface area contributed by atoms with Crippen LogP contribution in [0.5, 0.6) is 11.5 Å². The molecule has 1 aromatic heterocycles. The smallest absolute Gasteiger partial charge is 0.294 e. The van der Waals surface area contributed by atoms with E-state index in [0.717, 1.165) is 27.6 Å². The number of rotatable bonds is 7. The van der Waals surface area contributed by atoms with E-state index in [4.69, 9.17) is 21.1 Å². The SMILES string of the molecule is O=C(CN1C(=O)S/C(=C\c2cn(CC(=O)Nc3ccc4c(c3)OCO4)c3ccccc23)C1=O)Nc1cccc(Cl)c1. The largest absolute Gasteiger partial charge is 0.454 e. The number of benzene rings is 3. The van der Waals surface area contributed by atoms with Gasteiger partial charge in [0.1, 0.15) is 13.1 Å². The number of halogens is 1. The van der Waals surface area contributed by atoms with Crippen LogP contribution in [-0.4, -0.2) is 45.8 Å². The summed E-state index contributed by atoms with van der Waals surface area (Å²) in [6.07, 6.45) is 3.36. The lowest BCUT2D eigenvalue weighted by Gasteiger charge is -2.12. The average Bonchev–Trinajstić information content (AvgIpc) is 3.62. The standard InChI is InChI=1S/C29H21ClN4O6S/c30-18-4-3-5-19(11-18)31-27(36)15-34-28(37)25(41-29(34)38)10-17-13-33(22-7-2-1-6-21(17)22)14-26(35)32-20-8-9-23-24(12-20)40-16-39-23/h1-13H,14-16H2,(H,31,36)(H,32,35)/b25-10-. The minimum atomic E-state index is -0.571. The van der Waals surface area contributed by atoms with Crippen LogP contribution in [0.25, 0.3) is 17.0 Å². The highest BCUT2D eigenvalue weighted by Crippen LogP contribution is 2.35. The van der Waals surface area contributed by atoms with Gasteiger partial charge in [-0.25, -0.2) is 0 Å². The molecular weight excluding hydrogens is 568 g/mol. The van der Waals surface area contributed by atoms with Gasteiger partial charge in [0.2, 0.25) is 18.6 Å². The molecule has 0 radical (unpaired) electrons. The van der Waals surface area contributed by atoms with E-state index >= 15 is 0 Å². The Morgan fingerprint density at radius 1 is 0.902 bits per heavy atom. The quantitative estimate of drug-likeness (QED) is 0.280. The number of anilines is 2. The van der Waals surface area contributed by atoms with Crippen LogP contribution in [0, 0.1) is 0 Å². The van der Waals surface area contributed by atoms with Crippen molar-refractivity contribution >= 4 is 74.7 Å². The van der Waals surface area contributed by atoms with Gasteiger partial charge in [-0.05, 0) is 54.2 Å². The molecule has 4 amide bonds. The summed E-state index contributed by atoms with van der Waals surface area (Å²) < 4.78 is 12.4. The topological polar surface area (TPSA) is 119 Å². The zero-order chi connectivity index (χ0) is 28.5. The van der Waals surface area contributed by atoms with E-state index in [9.17, 15) is 19.2 Å². The van der Waals surface area contributed by atoms with E-state index in [1.54, 1.807) is 59.3 Å². The van der Waals surface area contributed by atoms with Crippen molar-refractivity contribution in [3.63, 3.8) is 0 Å². The number of aromatic nitrogens is 1. The number of thioether (sulfide) groups is 1. The molecule has 3 heterocycles. The Balaban J connectivity index is 1.18.